The Morgan fingerprint density at radius 3 is 2.66 bits per heavy atom. The molecule has 4 fully saturated rings. The number of Topliss-reactive ketones (excluding diaryl/α,β-unsaturated/α-hetero) is 1. The molecule has 0 N–H and O–H groups in total. The molecule has 32 heavy (non-hydrogen) atoms. The topological polar surface area (TPSA) is 85.6 Å². The lowest BCUT2D eigenvalue weighted by Gasteiger charge is -2.57. The van der Waals surface area contributed by atoms with Crippen molar-refractivity contribution >= 4 is 11.8 Å². The van der Waals surface area contributed by atoms with Gasteiger partial charge in [-0.2, -0.15) is 5.26 Å². The number of carbonyl (C=O) groups excluding carboxylic acids is 2. The van der Waals surface area contributed by atoms with Crippen molar-refractivity contribution in [2.75, 3.05) is 19.8 Å². The number of hydrogen-bond donors (Lipinski definition) is 0. The Morgan fingerprint density at radius 1 is 1.22 bits per heavy atom. The summed E-state index contributed by atoms with van der Waals surface area (Å²) in [5.74, 6) is -0.224. The van der Waals surface area contributed by atoms with E-state index >= 15 is 0 Å². The third kappa shape index (κ3) is 2.97. The highest BCUT2D eigenvalue weighted by Gasteiger charge is 2.62. The van der Waals surface area contributed by atoms with E-state index in [9.17, 15) is 14.9 Å². The molecular weight excluding hydrogens is 406 g/mol. The molecule has 0 bridgehead atoms. The van der Waals surface area contributed by atoms with Crippen molar-refractivity contribution in [3.05, 3.63) is 22.8 Å². The zero-order chi connectivity index (χ0) is 22.7. The van der Waals surface area contributed by atoms with Crippen molar-refractivity contribution in [1.29, 1.82) is 5.26 Å². The number of fused-ring (bicyclic) bond motifs is 5. The van der Waals surface area contributed by atoms with E-state index in [4.69, 9.17) is 14.2 Å². The fraction of sp³-hybridized carbons (Fsp3) is 0.731. The Balaban J connectivity index is 1.50. The Kier molecular flexibility index (Phi) is 5.14. The quantitative estimate of drug-likeness (QED) is 0.277. The summed E-state index contributed by atoms with van der Waals surface area (Å²) in [7, 11) is 0. The molecule has 4 aliphatic carbocycles. The van der Waals surface area contributed by atoms with Gasteiger partial charge in [-0.15, -0.1) is 0 Å². The number of ketones is 1. The molecule has 0 radical (unpaired) electrons. The summed E-state index contributed by atoms with van der Waals surface area (Å²) in [6.07, 6.45) is 7.71. The van der Waals surface area contributed by atoms with Crippen LogP contribution in [0.15, 0.2) is 22.8 Å². The summed E-state index contributed by atoms with van der Waals surface area (Å²) < 4.78 is 17.1. The van der Waals surface area contributed by atoms with E-state index in [2.05, 4.69) is 26.0 Å². The van der Waals surface area contributed by atoms with E-state index in [-0.39, 0.29) is 35.2 Å². The molecule has 172 valence electrons. The number of rotatable bonds is 2. The van der Waals surface area contributed by atoms with Crippen molar-refractivity contribution < 1.29 is 23.8 Å². The maximum absolute atomic E-state index is 13.8. The monoisotopic (exact) mass is 439 g/mol. The van der Waals surface area contributed by atoms with Gasteiger partial charge < -0.3 is 14.2 Å². The molecule has 1 heterocycles. The minimum atomic E-state index is -0.548. The van der Waals surface area contributed by atoms with Gasteiger partial charge >= 0.3 is 5.97 Å². The fourth-order valence-corrected chi connectivity index (χ4v) is 7.85. The van der Waals surface area contributed by atoms with Gasteiger partial charge in [0.15, 0.2) is 5.79 Å². The lowest BCUT2D eigenvalue weighted by atomic mass is 9.47. The summed E-state index contributed by atoms with van der Waals surface area (Å²) in [6, 6.07) is 2.11. The standard InChI is InChI=1S/C26H33NO5/c1-4-30-23(29)18(15-27)20-8-7-19-17-6-5-16-13-26(31-11-12-32-26)10-9-24(16,2)22(17)21(28)14-25(19,20)3/h5,17,19,22H,4,6-14H2,1-3H3/b20-18+/t17-,19-,22+,24-,25-/m0/s1. The van der Waals surface area contributed by atoms with Crippen LogP contribution in [0, 0.1) is 39.9 Å². The van der Waals surface area contributed by atoms with Gasteiger partial charge in [0.05, 0.1) is 19.8 Å². The van der Waals surface area contributed by atoms with Crippen molar-refractivity contribution in [1.82, 2.24) is 0 Å². The van der Waals surface area contributed by atoms with Gasteiger partial charge in [0, 0.05) is 30.6 Å². The van der Waals surface area contributed by atoms with Crippen LogP contribution in [0.1, 0.15) is 65.7 Å². The largest absolute Gasteiger partial charge is 0.462 e. The average Bonchev–Trinajstić information content (AvgIpc) is 3.34. The summed E-state index contributed by atoms with van der Waals surface area (Å²) in [6.45, 7) is 7.64. The third-order valence-electron chi connectivity index (χ3n) is 9.29. The van der Waals surface area contributed by atoms with Crippen molar-refractivity contribution in [3.63, 3.8) is 0 Å². The maximum Gasteiger partial charge on any atom is 0.348 e. The number of hydrogen-bond acceptors (Lipinski definition) is 6. The SMILES string of the molecule is CCOC(=O)/C(C#N)=C1\CC[C@H]2[C@@H]3CC=C4CC5(CC[C@]4(C)[C@H]3C(=O)C[C@]12C)OCCO5. The number of allylic oxidation sites excluding steroid dienone is 2. The molecule has 0 aromatic rings. The Labute approximate surface area is 190 Å². The highest BCUT2D eigenvalue weighted by Crippen LogP contribution is 2.66. The van der Waals surface area contributed by atoms with Crippen LogP contribution in [-0.4, -0.2) is 37.4 Å². The smallest absolute Gasteiger partial charge is 0.348 e. The molecule has 1 spiro atoms. The summed E-state index contributed by atoms with van der Waals surface area (Å²) in [5.41, 5.74) is 1.68. The molecule has 0 aromatic carbocycles. The first-order valence-corrected chi connectivity index (χ1v) is 12.1. The van der Waals surface area contributed by atoms with E-state index in [1.807, 2.05) is 0 Å². The summed E-state index contributed by atoms with van der Waals surface area (Å²) in [5, 5.41) is 9.76. The zero-order valence-electron chi connectivity index (χ0n) is 19.4. The van der Waals surface area contributed by atoms with Crippen LogP contribution in [0.25, 0.3) is 0 Å². The minimum Gasteiger partial charge on any atom is -0.462 e. The molecule has 0 amide bonds. The van der Waals surface area contributed by atoms with Crippen LogP contribution >= 0.6 is 0 Å². The normalized spacial score (nSPS) is 41.2. The van der Waals surface area contributed by atoms with Crippen LogP contribution in [0.3, 0.4) is 0 Å². The fourth-order valence-electron chi connectivity index (χ4n) is 7.85. The Morgan fingerprint density at radius 2 is 1.97 bits per heavy atom. The molecule has 5 atom stereocenters. The van der Waals surface area contributed by atoms with Crippen LogP contribution < -0.4 is 0 Å². The average molecular weight is 440 g/mol. The summed E-state index contributed by atoms with van der Waals surface area (Å²) >= 11 is 0. The Hall–Kier alpha value is -1.97. The predicted octanol–water partition coefficient (Wildman–Crippen LogP) is 4.25. The first-order chi connectivity index (χ1) is 15.3. The first kappa shape index (κ1) is 21.9. The maximum atomic E-state index is 13.8. The minimum absolute atomic E-state index is 0.00759. The lowest BCUT2D eigenvalue weighted by Crippen LogP contribution is -2.55. The second-order valence-electron chi connectivity index (χ2n) is 10.7. The number of esters is 1. The number of nitriles is 1. The second-order valence-corrected chi connectivity index (χ2v) is 10.7. The van der Waals surface area contributed by atoms with Crippen molar-refractivity contribution in [3.8, 4) is 6.07 Å². The lowest BCUT2D eigenvalue weighted by molar-refractivity contribution is -0.185. The van der Waals surface area contributed by atoms with Crippen LogP contribution in [0.2, 0.25) is 0 Å². The zero-order valence-corrected chi connectivity index (χ0v) is 19.4. The van der Waals surface area contributed by atoms with Gasteiger partial charge in [-0.25, -0.2) is 4.79 Å². The van der Waals surface area contributed by atoms with E-state index in [1.54, 1.807) is 6.92 Å². The molecule has 0 unspecified atom stereocenters. The van der Waals surface area contributed by atoms with Crippen LogP contribution in [0.5, 0.6) is 0 Å². The molecule has 5 aliphatic rings. The number of nitrogens with zero attached hydrogens (tertiary/aromatic N) is 1. The van der Waals surface area contributed by atoms with Gasteiger partial charge in [-0.1, -0.05) is 25.5 Å². The van der Waals surface area contributed by atoms with Crippen LogP contribution in [-0.2, 0) is 23.8 Å². The van der Waals surface area contributed by atoms with E-state index in [1.165, 1.54) is 5.57 Å². The van der Waals surface area contributed by atoms with Gasteiger partial charge in [0.2, 0.25) is 0 Å². The molecular formula is C26H33NO5. The molecule has 5 rings (SSSR count). The first-order valence-electron chi connectivity index (χ1n) is 12.1. The van der Waals surface area contributed by atoms with Gasteiger partial charge in [-0.3, -0.25) is 4.79 Å². The van der Waals surface area contributed by atoms with Crippen molar-refractivity contribution in [2.24, 2.45) is 28.6 Å². The number of ether oxygens (including phenoxy) is 3. The highest BCUT2D eigenvalue weighted by molar-refractivity contribution is 5.94. The number of carbonyl (C=O) groups is 2. The third-order valence-corrected chi connectivity index (χ3v) is 9.29. The van der Waals surface area contributed by atoms with Gasteiger partial charge in [-0.05, 0) is 55.4 Å². The molecule has 0 aromatic heterocycles. The van der Waals surface area contributed by atoms with E-state index in [0.29, 0.717) is 32.0 Å². The van der Waals surface area contributed by atoms with Crippen molar-refractivity contribution in [2.45, 2.75) is 71.5 Å². The van der Waals surface area contributed by atoms with Crippen LogP contribution in [0.4, 0.5) is 0 Å². The summed E-state index contributed by atoms with van der Waals surface area (Å²) in [4.78, 5) is 26.3. The molecule has 3 saturated carbocycles. The molecule has 1 aliphatic heterocycles. The molecule has 6 nitrogen and oxygen atoms in total. The molecule has 1 saturated heterocycles. The second kappa shape index (κ2) is 7.53. The van der Waals surface area contributed by atoms with Gasteiger partial charge in [0.25, 0.3) is 0 Å². The Bertz CT molecular complexity index is 952. The predicted molar refractivity (Wildman–Crippen MR) is 116 cm³/mol. The highest BCUT2D eigenvalue weighted by atomic mass is 16.7. The van der Waals surface area contributed by atoms with E-state index < -0.39 is 17.2 Å². The molecule has 6 heteroatoms. The van der Waals surface area contributed by atoms with Gasteiger partial charge in [0.1, 0.15) is 17.4 Å². The van der Waals surface area contributed by atoms with E-state index in [0.717, 1.165) is 37.7 Å².